The van der Waals surface area contributed by atoms with Gasteiger partial charge in [-0.2, -0.15) is 0 Å². The van der Waals surface area contributed by atoms with Crippen molar-refractivity contribution in [3.8, 4) is 90.1 Å². The van der Waals surface area contributed by atoms with Crippen molar-refractivity contribution in [2.75, 3.05) is 0 Å². The molecular weight excluding hydrogens is 2510 g/mol. The molecule has 20 heteroatoms. The predicted octanol–water partition coefficient (Wildman–Crippen LogP) is 31.3. The molecule has 0 bridgehead atoms. The maximum Gasteiger partial charge on any atom is 0.216 e. The van der Waals surface area contributed by atoms with Crippen LogP contribution in [0.5, 0.6) is 0 Å². The molecule has 16 nitrogen and oxygen atoms in total. The van der Waals surface area contributed by atoms with Crippen molar-refractivity contribution in [3.63, 3.8) is 0 Å². The zero-order valence-corrected chi connectivity index (χ0v) is 87.9. The van der Waals surface area contributed by atoms with Crippen molar-refractivity contribution >= 4 is 88.3 Å². The molecule has 0 fully saturated rings. The Labute approximate surface area is 954 Å². The van der Waals surface area contributed by atoms with E-state index in [1.807, 2.05) is 127 Å². The number of fused-ring (bicyclic) bond motifs is 12. The van der Waals surface area contributed by atoms with Crippen molar-refractivity contribution in [1.29, 1.82) is 0 Å². The average Bonchev–Trinajstić information content (AvgIpc) is 1.58. The average molecular weight is 2650 g/mol. The molecule has 16 heterocycles. The Kier molecular flexibility index (Phi) is 24.4. The second-order valence-corrected chi connectivity index (χ2v) is 32.1. The Morgan fingerprint density at radius 2 is 0.555 bits per heavy atom. The zero-order valence-electron chi connectivity index (χ0n) is 112. The van der Waals surface area contributed by atoms with Gasteiger partial charge < -0.3 is 57.5 Å². The Morgan fingerprint density at radius 3 is 0.836 bits per heavy atom. The normalized spacial score (nSPS) is 15.4. The third-order valence-electron chi connectivity index (χ3n) is 21.9. The molecule has 0 aliphatic carbocycles. The van der Waals surface area contributed by atoms with Crippen LogP contribution in [0.4, 0.5) is 0 Å². The Hall–Kier alpha value is -14.6. The third kappa shape index (κ3) is 25.3. The standard InChI is InChI=1S/C22H21N2O.3C19H15N2O.C13H12N.C12H10N.2C11H8N.4Ir/c1-12(2)16-8-9-23-18(11-16)17-7-6-13(3)19-20-14(4)10-15(5)24-22(20)25-21(17)19;3*1-11-7-8-14(15-6-4-5-9-20-15)18-16(11)17-12(2)10-13(3)21-19(17)22-18;1-10-8-13(14-9-11(10)2)12-6-4-3-5-7-12;1-10-7-8-12(13-9-10)11-5-3-2-4-6-11;2*1-2-6-10(7-3-1)11-8-4-5-9-12-11;;;;/h6,8-12H,1-5H3;3*4-7,9-10H,1-3H3;3-6,8-9H,1-2H3;2-5,7-9H,1H3;2*1-6,8-9H;;;;/q8*-1;;;;/i1D3,3D3,4D3,12D;3*1D3,2D3;2D3;1D3;;;;;;. The number of hydrogen-bond donors (Lipinski definition) is 0. The van der Waals surface area contributed by atoms with E-state index in [-0.39, 0.29) is 236 Å². The van der Waals surface area contributed by atoms with E-state index >= 15 is 0 Å². The van der Waals surface area contributed by atoms with Crippen molar-refractivity contribution < 1.29 is 145 Å². The largest absolute Gasteiger partial charge is 0.486 e. The molecule has 736 valence electrons. The molecule has 0 aliphatic rings. The molecule has 1 atom stereocenters. The van der Waals surface area contributed by atoms with Gasteiger partial charge in [-0.3, -0.25) is 0 Å². The molecule has 4 radical (unpaired) electrons. The monoisotopic (exact) mass is 2650 g/mol. The maximum absolute atomic E-state index is 8.39. The van der Waals surface area contributed by atoms with Crippen LogP contribution in [0.2, 0.25) is 0 Å². The second kappa shape index (κ2) is 50.2. The fraction of sp³-hybridized carbons (Fsp3) is 0.143. The maximum atomic E-state index is 8.39. The third-order valence-corrected chi connectivity index (χ3v) is 21.9. The van der Waals surface area contributed by atoms with Crippen LogP contribution in [-0.4, -0.2) is 59.8 Å². The van der Waals surface area contributed by atoms with Gasteiger partial charge in [-0.15, -0.1) is 214 Å². The van der Waals surface area contributed by atoms with E-state index in [9.17, 15) is 0 Å². The van der Waals surface area contributed by atoms with Gasteiger partial charge in [0.1, 0.15) is 0 Å². The van der Waals surface area contributed by atoms with Crippen LogP contribution in [0, 0.1) is 152 Å². The number of aromatic nitrogens is 12. The summed E-state index contributed by atoms with van der Waals surface area (Å²) in [4.78, 5) is 51.1. The molecule has 16 aromatic heterocycles. The summed E-state index contributed by atoms with van der Waals surface area (Å²) in [5.74, 6) is -1.94. The first-order valence-electron chi connectivity index (χ1n) is 61.2. The van der Waals surface area contributed by atoms with E-state index in [0.29, 0.717) is 62.1 Å². The minimum Gasteiger partial charge on any atom is -0.486 e. The van der Waals surface area contributed by atoms with Crippen LogP contribution in [0.25, 0.3) is 178 Å². The second-order valence-electron chi connectivity index (χ2n) is 32.1. The summed E-state index contributed by atoms with van der Waals surface area (Å²) in [5.41, 5.74) is 14.4. The van der Waals surface area contributed by atoms with E-state index in [2.05, 4.69) is 108 Å². The number of benzene rings is 8. The molecule has 1 unspecified atom stereocenters. The molecule has 8 aromatic carbocycles. The van der Waals surface area contributed by atoms with Crippen LogP contribution in [0.15, 0.2) is 334 Å². The quantitative estimate of drug-likeness (QED) is 0.123. The molecule has 24 aromatic rings. The molecular formula is C126H104Ir4N12O4-8. The molecule has 0 saturated heterocycles. The van der Waals surface area contributed by atoms with Gasteiger partial charge in [0.25, 0.3) is 0 Å². The van der Waals surface area contributed by atoms with Crippen molar-refractivity contribution in [2.45, 2.75) is 123 Å². The van der Waals surface area contributed by atoms with Gasteiger partial charge in [0.15, 0.2) is 0 Å². The summed E-state index contributed by atoms with van der Waals surface area (Å²) in [5, 5.41) is 1.35. The van der Waals surface area contributed by atoms with Crippen LogP contribution >= 0.6 is 0 Å². The fourth-order valence-electron chi connectivity index (χ4n) is 15.4. The molecule has 0 N–H and O–H groups in total. The van der Waals surface area contributed by atoms with Crippen LogP contribution in [0.3, 0.4) is 0 Å². The van der Waals surface area contributed by atoms with Gasteiger partial charge in [-0.05, 0) is 221 Å². The first-order chi connectivity index (χ1) is 82.6. The fourth-order valence-corrected chi connectivity index (χ4v) is 15.4. The SMILES string of the molecule is [2H]C([2H])([2H])c1cc(C)nc2oc3c(-c4cc(C([2H])(C)C([2H])([2H])[2H])ccn4)[c-]cc(C([2H])([2H])[2H])c3c12.[2H]C([2H])([2H])c1cc(C)nc2oc3c(-c4ccccn4)[c-]cc(C([2H])([2H])[2H])c3c12.[2H]C([2H])([2H])c1cc(C)nc2oc3c(-c4ccccn4)[c-]cc(C([2H])([2H])[2H])c3c12.[2H]C([2H])([2H])c1cc(C)nc2oc3c(-c4ccccn4)[c-]cc(C([2H])([2H])[2H])c3c12.[2H]C([2H])([2H])c1ccc(-c2[c-]cccc2)nc1.[2H]C([2H])([2H])c1cnc(-c2[c-]cccc2)cc1C.[Ir].[Ir].[Ir].[Ir].[c-]1ccccc1-c1ccccn1.[c-]1ccccc1-c1ccccn1. The first kappa shape index (κ1) is 71.0. The van der Waals surface area contributed by atoms with Gasteiger partial charge in [-0.25, -0.2) is 19.9 Å². The molecule has 0 aliphatic heterocycles. The minimum atomic E-state index is -2.62. The first-order valence-corrected chi connectivity index (χ1v) is 44.2. The molecule has 0 saturated carbocycles. The number of pyridine rings is 12. The Bertz CT molecular complexity index is 9390. The number of nitrogens with zero attached hydrogens (tertiary/aromatic N) is 12. The van der Waals surface area contributed by atoms with Crippen LogP contribution < -0.4 is 0 Å². The summed E-state index contributed by atoms with van der Waals surface area (Å²) in [7, 11) is 0. The molecule has 0 spiro atoms. The van der Waals surface area contributed by atoms with Crippen LogP contribution in [-0.2, 0) is 80.4 Å². The number of hydrogen-bond acceptors (Lipinski definition) is 16. The minimum absolute atomic E-state index is 0. The smallest absolute Gasteiger partial charge is 0.216 e. The van der Waals surface area contributed by atoms with Crippen molar-refractivity contribution in [1.82, 2.24) is 59.8 Å². The Morgan fingerprint density at radius 1 is 0.253 bits per heavy atom. The van der Waals surface area contributed by atoms with Gasteiger partial charge in [0, 0.05) is 221 Å². The summed E-state index contributed by atoms with van der Waals surface area (Å²) in [6.45, 7) is -17.2. The van der Waals surface area contributed by atoms with Crippen molar-refractivity contribution in [3.05, 3.63) is 455 Å². The predicted molar refractivity (Wildman–Crippen MR) is 574 cm³/mol. The Balaban J connectivity index is 0.000000170. The van der Waals surface area contributed by atoms with Gasteiger partial charge >= 0.3 is 0 Å². The van der Waals surface area contributed by atoms with E-state index in [1.165, 1.54) is 86.2 Å². The zero-order chi connectivity index (χ0) is 127. The van der Waals surface area contributed by atoms with E-state index < -0.39 is 81.3 Å². The van der Waals surface area contributed by atoms with Gasteiger partial charge in [-0.1, -0.05) is 181 Å². The summed E-state index contributed by atoms with van der Waals surface area (Å²) < 4.78 is 289. The van der Waals surface area contributed by atoms with E-state index in [0.717, 1.165) is 50.6 Å². The summed E-state index contributed by atoms with van der Waals surface area (Å²) in [6, 6.07) is 101. The molecule has 24 rings (SSSR count). The molecule has 146 heavy (non-hydrogen) atoms. The summed E-state index contributed by atoms with van der Waals surface area (Å²) in [6.07, 6.45) is 12.6. The topological polar surface area (TPSA) is 207 Å². The van der Waals surface area contributed by atoms with Crippen LogP contribution in [0.1, 0.15) is 156 Å². The van der Waals surface area contributed by atoms with E-state index in [1.54, 1.807) is 144 Å². The van der Waals surface area contributed by atoms with E-state index in [4.69, 9.17) is 64.3 Å². The number of furan rings is 4. The van der Waals surface area contributed by atoms with Crippen molar-refractivity contribution in [2.24, 2.45) is 0 Å². The molecule has 0 amide bonds. The van der Waals surface area contributed by atoms with Gasteiger partial charge in [0.05, 0.1) is 22.3 Å². The number of rotatable bonds is 9. The van der Waals surface area contributed by atoms with Gasteiger partial charge in [0.2, 0.25) is 22.9 Å². The number of aryl methyl sites for hydroxylation is 15. The summed E-state index contributed by atoms with van der Waals surface area (Å²) >= 11 is 0.